The first-order chi connectivity index (χ1) is 31.3. The van der Waals surface area contributed by atoms with E-state index in [1.807, 2.05) is 0 Å². The Bertz CT molecular complexity index is 3110. The number of anilines is 5. The van der Waals surface area contributed by atoms with Crippen LogP contribution in [-0.2, 0) is 0 Å². The normalized spacial score (nSPS) is 14.7. The van der Waals surface area contributed by atoms with E-state index in [1.54, 1.807) is 0 Å². The third kappa shape index (κ3) is 7.30. The SMILES string of the molecule is C1=CC2Oc3c(-c4ccc(N(c5ccccc5-c5ccccc5)c5ccccc5-c5ccc(-c6ccccc6Nc6ccccc6-c6ccccc6)cc5)cc4)cccc3C2C=C1. The molecule has 63 heavy (non-hydrogen) atoms. The molecule has 1 N–H and O–H groups in total. The van der Waals surface area contributed by atoms with Gasteiger partial charge in [0, 0.05) is 56.4 Å². The van der Waals surface area contributed by atoms with Crippen molar-refractivity contribution in [1.82, 2.24) is 0 Å². The third-order valence-corrected chi connectivity index (χ3v) is 12.3. The number of rotatable bonds is 10. The topological polar surface area (TPSA) is 24.5 Å². The zero-order valence-electron chi connectivity index (χ0n) is 34.7. The summed E-state index contributed by atoms with van der Waals surface area (Å²) in [7, 11) is 0. The van der Waals surface area contributed by atoms with E-state index in [-0.39, 0.29) is 12.0 Å². The predicted octanol–water partition coefficient (Wildman–Crippen LogP) is 16.2. The summed E-state index contributed by atoms with van der Waals surface area (Å²) in [6.07, 6.45) is 8.66. The lowest BCUT2D eigenvalue weighted by Crippen LogP contribution is -2.15. The van der Waals surface area contributed by atoms with E-state index < -0.39 is 0 Å². The van der Waals surface area contributed by atoms with Gasteiger partial charge < -0.3 is 15.0 Å². The number of nitrogens with zero attached hydrogens (tertiary/aromatic N) is 1. The van der Waals surface area contributed by atoms with Crippen molar-refractivity contribution in [1.29, 1.82) is 0 Å². The zero-order chi connectivity index (χ0) is 42.0. The maximum absolute atomic E-state index is 6.58. The Hall–Kier alpha value is -8.14. The third-order valence-electron chi connectivity index (χ3n) is 12.3. The molecule has 0 saturated heterocycles. The fourth-order valence-corrected chi connectivity index (χ4v) is 9.21. The van der Waals surface area contributed by atoms with Crippen LogP contribution in [-0.4, -0.2) is 6.10 Å². The summed E-state index contributed by atoms with van der Waals surface area (Å²) < 4.78 is 6.58. The highest BCUT2D eigenvalue weighted by molar-refractivity contribution is 5.95. The maximum atomic E-state index is 6.58. The van der Waals surface area contributed by atoms with Crippen LogP contribution in [0, 0.1) is 0 Å². The Morgan fingerprint density at radius 1 is 0.349 bits per heavy atom. The van der Waals surface area contributed by atoms with Crippen molar-refractivity contribution in [3.63, 3.8) is 0 Å². The van der Waals surface area contributed by atoms with Gasteiger partial charge in [-0.05, 0) is 70.3 Å². The van der Waals surface area contributed by atoms with E-state index in [2.05, 4.69) is 259 Å². The summed E-state index contributed by atoms with van der Waals surface area (Å²) in [6, 6.07) is 80.3. The second-order valence-electron chi connectivity index (χ2n) is 16.0. The van der Waals surface area contributed by atoms with Crippen molar-refractivity contribution in [2.45, 2.75) is 12.0 Å². The molecule has 9 aromatic carbocycles. The van der Waals surface area contributed by atoms with Crippen LogP contribution in [0.15, 0.2) is 249 Å². The lowest BCUT2D eigenvalue weighted by molar-refractivity contribution is 0.270. The van der Waals surface area contributed by atoms with E-state index in [0.717, 1.165) is 78.7 Å². The molecule has 300 valence electrons. The van der Waals surface area contributed by atoms with Gasteiger partial charge in [0.1, 0.15) is 11.9 Å². The smallest absolute Gasteiger partial charge is 0.132 e. The molecule has 1 heterocycles. The molecule has 1 aliphatic carbocycles. The summed E-state index contributed by atoms with van der Waals surface area (Å²) in [5.74, 6) is 1.22. The summed E-state index contributed by atoms with van der Waals surface area (Å²) >= 11 is 0. The zero-order valence-corrected chi connectivity index (χ0v) is 34.7. The number of nitrogens with one attached hydrogen (secondary N) is 1. The van der Waals surface area contributed by atoms with Crippen molar-refractivity contribution >= 4 is 28.4 Å². The number of hydrogen-bond donors (Lipinski definition) is 1. The molecule has 1 aliphatic heterocycles. The molecule has 0 aromatic heterocycles. The quantitative estimate of drug-likeness (QED) is 0.149. The lowest BCUT2D eigenvalue weighted by atomic mass is 9.90. The number of para-hydroxylation sites is 5. The van der Waals surface area contributed by atoms with E-state index in [0.29, 0.717) is 0 Å². The molecule has 0 bridgehead atoms. The highest BCUT2D eigenvalue weighted by Crippen LogP contribution is 2.49. The molecule has 2 aliphatic rings. The first-order valence-corrected chi connectivity index (χ1v) is 21.7. The lowest BCUT2D eigenvalue weighted by Gasteiger charge is -2.30. The first kappa shape index (κ1) is 37.8. The minimum Gasteiger partial charge on any atom is -0.484 e. The maximum Gasteiger partial charge on any atom is 0.132 e. The van der Waals surface area contributed by atoms with Gasteiger partial charge in [0.25, 0.3) is 0 Å². The van der Waals surface area contributed by atoms with Crippen LogP contribution in [0.3, 0.4) is 0 Å². The van der Waals surface area contributed by atoms with Crippen molar-refractivity contribution in [3.05, 3.63) is 254 Å². The molecule has 2 unspecified atom stereocenters. The molecule has 3 nitrogen and oxygen atoms in total. The van der Waals surface area contributed by atoms with Gasteiger partial charge in [-0.2, -0.15) is 0 Å². The van der Waals surface area contributed by atoms with E-state index in [9.17, 15) is 0 Å². The van der Waals surface area contributed by atoms with E-state index in [4.69, 9.17) is 4.74 Å². The van der Waals surface area contributed by atoms with E-state index >= 15 is 0 Å². The summed E-state index contributed by atoms with van der Waals surface area (Å²) in [4.78, 5) is 2.41. The summed E-state index contributed by atoms with van der Waals surface area (Å²) in [6.45, 7) is 0. The molecule has 2 atom stereocenters. The molecule has 9 aromatic rings. The molecule has 3 heteroatoms. The Morgan fingerprint density at radius 3 is 1.38 bits per heavy atom. The second kappa shape index (κ2) is 16.7. The van der Waals surface area contributed by atoms with Crippen LogP contribution in [0.2, 0.25) is 0 Å². The molecule has 0 fully saturated rings. The summed E-state index contributed by atoms with van der Waals surface area (Å²) in [5.41, 5.74) is 18.1. The highest BCUT2D eigenvalue weighted by Gasteiger charge is 2.33. The van der Waals surface area contributed by atoms with Gasteiger partial charge in [0.15, 0.2) is 0 Å². The molecule has 0 radical (unpaired) electrons. The fraction of sp³-hybridized carbons (Fsp3) is 0.0333. The number of allylic oxidation sites excluding steroid dienone is 2. The van der Waals surface area contributed by atoms with Gasteiger partial charge in [-0.1, -0.05) is 206 Å². The minimum atomic E-state index is 0.0369. The standard InChI is InChI=1S/C60H44N2O/c1-3-18-42(19-4-1)48-22-7-12-29-55(48)61-56-30-13-8-23-49(56)44-34-36-45(37-35-44)51-25-10-15-32-58(51)62(57-31-14-9-24-50(57)43-20-5-2-6-21-43)47-40-38-46(39-41-47)52-27-17-28-54-53-26-11-16-33-59(53)63-60(52)54/h1-41,53,59,61H. The van der Waals surface area contributed by atoms with Crippen LogP contribution in [0.4, 0.5) is 28.4 Å². The first-order valence-electron chi connectivity index (χ1n) is 21.7. The van der Waals surface area contributed by atoms with Crippen LogP contribution in [0.25, 0.3) is 55.6 Å². The average molecular weight is 809 g/mol. The number of fused-ring (bicyclic) bond motifs is 3. The molecular formula is C60H44N2O. The van der Waals surface area contributed by atoms with Gasteiger partial charge in [-0.3, -0.25) is 0 Å². The van der Waals surface area contributed by atoms with Gasteiger partial charge in [-0.25, -0.2) is 0 Å². The van der Waals surface area contributed by atoms with Crippen molar-refractivity contribution in [2.75, 3.05) is 10.2 Å². The Kier molecular flexibility index (Phi) is 10.0. The Labute approximate surface area is 369 Å². The Balaban J connectivity index is 0.974. The monoisotopic (exact) mass is 808 g/mol. The largest absolute Gasteiger partial charge is 0.484 e. The van der Waals surface area contributed by atoms with Gasteiger partial charge in [-0.15, -0.1) is 0 Å². The molecule has 0 saturated carbocycles. The number of benzene rings is 9. The molecule has 11 rings (SSSR count). The van der Waals surface area contributed by atoms with Gasteiger partial charge in [0.05, 0.1) is 11.4 Å². The predicted molar refractivity (Wildman–Crippen MR) is 263 cm³/mol. The van der Waals surface area contributed by atoms with Crippen LogP contribution in [0.5, 0.6) is 5.75 Å². The van der Waals surface area contributed by atoms with Gasteiger partial charge in [0.2, 0.25) is 0 Å². The molecule has 0 spiro atoms. The fourth-order valence-electron chi connectivity index (χ4n) is 9.21. The van der Waals surface area contributed by atoms with Crippen LogP contribution < -0.4 is 15.0 Å². The summed E-state index contributed by atoms with van der Waals surface area (Å²) in [5, 5.41) is 3.78. The van der Waals surface area contributed by atoms with Crippen LogP contribution >= 0.6 is 0 Å². The molecule has 0 amide bonds. The Morgan fingerprint density at radius 2 is 0.778 bits per heavy atom. The minimum absolute atomic E-state index is 0.0369. The van der Waals surface area contributed by atoms with Gasteiger partial charge >= 0.3 is 0 Å². The van der Waals surface area contributed by atoms with Crippen molar-refractivity contribution in [3.8, 4) is 61.4 Å². The molecular weight excluding hydrogens is 765 g/mol. The number of hydrogen-bond acceptors (Lipinski definition) is 3. The number of ether oxygens (including phenoxy) is 1. The second-order valence-corrected chi connectivity index (χ2v) is 16.0. The van der Waals surface area contributed by atoms with E-state index in [1.165, 1.54) is 16.7 Å². The highest BCUT2D eigenvalue weighted by atomic mass is 16.5. The van der Waals surface area contributed by atoms with Crippen LogP contribution in [0.1, 0.15) is 11.5 Å². The average Bonchev–Trinajstić information content (AvgIpc) is 3.75. The van der Waals surface area contributed by atoms with Crippen molar-refractivity contribution in [2.24, 2.45) is 0 Å². The van der Waals surface area contributed by atoms with Crippen molar-refractivity contribution < 1.29 is 4.74 Å².